The zero-order valence-electron chi connectivity index (χ0n) is 14.7. The van der Waals surface area contributed by atoms with Crippen molar-refractivity contribution in [1.82, 2.24) is 10.2 Å². The fourth-order valence-electron chi connectivity index (χ4n) is 3.41. The van der Waals surface area contributed by atoms with Crippen molar-refractivity contribution in [2.45, 2.75) is 39.2 Å². The van der Waals surface area contributed by atoms with Crippen LogP contribution in [0, 0.1) is 6.92 Å². The van der Waals surface area contributed by atoms with E-state index in [1.54, 1.807) is 0 Å². The Labute approximate surface area is 146 Å². The van der Waals surface area contributed by atoms with Gasteiger partial charge in [-0.2, -0.15) is 0 Å². The van der Waals surface area contributed by atoms with Gasteiger partial charge >= 0.3 is 0 Å². The normalized spacial score (nSPS) is 17.8. The fraction of sp³-hybridized carbons (Fsp3) is 0.474. The predicted octanol–water partition coefficient (Wildman–Crippen LogP) is 2.02. The maximum absolute atomic E-state index is 13.0. The zero-order valence-corrected chi connectivity index (χ0v) is 14.7. The molecule has 1 atom stereocenters. The number of fused-ring (bicyclic) bond motifs is 1. The molecule has 0 saturated carbocycles. The largest absolute Gasteiger partial charge is 0.451 e. The van der Waals surface area contributed by atoms with E-state index in [-0.39, 0.29) is 30.6 Å². The number of furan rings is 1. The molecule has 6 heteroatoms. The number of benzene rings is 1. The van der Waals surface area contributed by atoms with Gasteiger partial charge in [-0.25, -0.2) is 0 Å². The van der Waals surface area contributed by atoms with Crippen molar-refractivity contribution in [3.8, 4) is 0 Å². The molecule has 0 aliphatic carbocycles. The number of carbonyl (C=O) groups excluding carboxylic acids is 2. The summed E-state index contributed by atoms with van der Waals surface area (Å²) in [4.78, 5) is 26.6. The lowest BCUT2D eigenvalue weighted by molar-refractivity contribution is -0.128. The van der Waals surface area contributed by atoms with Gasteiger partial charge in [0.15, 0.2) is 5.76 Å². The van der Waals surface area contributed by atoms with Crippen LogP contribution in [-0.2, 0) is 11.2 Å². The van der Waals surface area contributed by atoms with Crippen LogP contribution in [-0.4, -0.2) is 47.6 Å². The Kier molecular flexibility index (Phi) is 5.08. The van der Waals surface area contributed by atoms with Crippen LogP contribution in [0.25, 0.3) is 11.0 Å². The molecule has 0 radical (unpaired) electrons. The lowest BCUT2D eigenvalue weighted by Crippen LogP contribution is -2.57. The van der Waals surface area contributed by atoms with E-state index in [9.17, 15) is 14.7 Å². The lowest BCUT2D eigenvalue weighted by atomic mass is 10.0. The first-order valence-corrected chi connectivity index (χ1v) is 8.78. The van der Waals surface area contributed by atoms with Crippen molar-refractivity contribution in [1.29, 1.82) is 0 Å². The molecule has 6 nitrogen and oxygen atoms in total. The maximum Gasteiger partial charge on any atom is 0.290 e. The molecular formula is C19H24N2O4. The maximum atomic E-state index is 13.0. The summed E-state index contributed by atoms with van der Waals surface area (Å²) in [7, 11) is 0. The number of piperazine rings is 1. The summed E-state index contributed by atoms with van der Waals surface area (Å²) in [6.45, 7) is 4.67. The quantitative estimate of drug-likeness (QED) is 0.869. The second kappa shape index (κ2) is 7.27. The predicted molar refractivity (Wildman–Crippen MR) is 94.5 cm³/mol. The third-order valence-corrected chi connectivity index (χ3v) is 4.73. The second-order valence-corrected chi connectivity index (χ2v) is 6.45. The van der Waals surface area contributed by atoms with Crippen molar-refractivity contribution in [2.75, 3.05) is 19.7 Å². The van der Waals surface area contributed by atoms with Crippen molar-refractivity contribution in [3.05, 3.63) is 35.1 Å². The highest BCUT2D eigenvalue weighted by atomic mass is 16.3. The summed E-state index contributed by atoms with van der Waals surface area (Å²) in [6, 6.07) is 5.33. The average Bonchev–Trinajstić information content (AvgIpc) is 2.93. The number of nitrogens with one attached hydrogen (secondary N) is 1. The molecule has 0 spiro atoms. The summed E-state index contributed by atoms with van der Waals surface area (Å²) in [5, 5.41) is 12.9. The topological polar surface area (TPSA) is 82.8 Å². The van der Waals surface area contributed by atoms with Crippen LogP contribution in [0.1, 0.15) is 41.4 Å². The number of hydrogen-bond donors (Lipinski definition) is 2. The fourth-order valence-corrected chi connectivity index (χ4v) is 3.41. The van der Waals surface area contributed by atoms with E-state index >= 15 is 0 Å². The third kappa shape index (κ3) is 3.26. The van der Waals surface area contributed by atoms with Gasteiger partial charge in [-0.15, -0.1) is 0 Å². The van der Waals surface area contributed by atoms with Gasteiger partial charge in [0.05, 0.1) is 0 Å². The molecule has 2 amide bonds. The van der Waals surface area contributed by atoms with E-state index in [0.717, 1.165) is 23.8 Å². The Morgan fingerprint density at radius 1 is 1.44 bits per heavy atom. The Morgan fingerprint density at radius 3 is 2.96 bits per heavy atom. The summed E-state index contributed by atoms with van der Waals surface area (Å²) in [5.74, 6) is -0.243. The van der Waals surface area contributed by atoms with Gasteiger partial charge < -0.3 is 19.7 Å². The van der Waals surface area contributed by atoms with E-state index in [1.165, 1.54) is 10.5 Å². The average molecular weight is 344 g/mol. The molecule has 25 heavy (non-hydrogen) atoms. The number of aliphatic hydroxyl groups is 1. The van der Waals surface area contributed by atoms with Gasteiger partial charge in [-0.3, -0.25) is 9.59 Å². The number of aliphatic hydroxyl groups excluding tert-OH is 1. The van der Waals surface area contributed by atoms with Crippen LogP contribution < -0.4 is 5.32 Å². The molecule has 0 unspecified atom stereocenters. The Hall–Kier alpha value is -2.34. The lowest BCUT2D eigenvalue weighted by Gasteiger charge is -2.34. The first-order valence-electron chi connectivity index (χ1n) is 8.78. The smallest absolute Gasteiger partial charge is 0.290 e. The summed E-state index contributed by atoms with van der Waals surface area (Å²) in [5.41, 5.74) is 2.70. The second-order valence-electron chi connectivity index (χ2n) is 6.45. The van der Waals surface area contributed by atoms with Crippen LogP contribution in [0.5, 0.6) is 0 Å². The van der Waals surface area contributed by atoms with Gasteiger partial charge in [0.2, 0.25) is 5.91 Å². The monoisotopic (exact) mass is 344 g/mol. The van der Waals surface area contributed by atoms with Gasteiger partial charge in [-0.05, 0) is 37.5 Å². The molecule has 1 fully saturated rings. The molecule has 1 aliphatic heterocycles. The molecule has 134 valence electrons. The highest BCUT2D eigenvalue weighted by Gasteiger charge is 2.35. The molecule has 0 bridgehead atoms. The van der Waals surface area contributed by atoms with Crippen LogP contribution in [0.2, 0.25) is 0 Å². The van der Waals surface area contributed by atoms with E-state index in [1.807, 2.05) is 19.1 Å². The van der Waals surface area contributed by atoms with Gasteiger partial charge in [0.25, 0.3) is 5.91 Å². The van der Waals surface area contributed by atoms with Crippen molar-refractivity contribution in [2.24, 2.45) is 0 Å². The Balaban J connectivity index is 1.95. The van der Waals surface area contributed by atoms with Gasteiger partial charge in [0, 0.05) is 30.6 Å². The molecule has 1 aliphatic rings. The Morgan fingerprint density at radius 2 is 2.24 bits per heavy atom. The number of rotatable bonds is 5. The van der Waals surface area contributed by atoms with E-state index in [2.05, 4.69) is 18.3 Å². The highest BCUT2D eigenvalue weighted by Crippen LogP contribution is 2.28. The molecule has 2 heterocycles. The van der Waals surface area contributed by atoms with E-state index in [0.29, 0.717) is 18.7 Å². The first kappa shape index (κ1) is 17.5. The van der Waals surface area contributed by atoms with Crippen molar-refractivity contribution >= 4 is 22.8 Å². The minimum Gasteiger partial charge on any atom is -0.451 e. The molecule has 2 aromatic rings. The molecular weight excluding hydrogens is 320 g/mol. The van der Waals surface area contributed by atoms with Crippen LogP contribution in [0.15, 0.2) is 22.6 Å². The highest BCUT2D eigenvalue weighted by molar-refractivity contribution is 6.01. The van der Waals surface area contributed by atoms with Crippen molar-refractivity contribution in [3.63, 3.8) is 0 Å². The summed E-state index contributed by atoms with van der Waals surface area (Å²) < 4.78 is 5.82. The molecule has 1 aromatic heterocycles. The van der Waals surface area contributed by atoms with Gasteiger partial charge in [0.1, 0.15) is 11.6 Å². The van der Waals surface area contributed by atoms with Crippen LogP contribution >= 0.6 is 0 Å². The van der Waals surface area contributed by atoms with E-state index < -0.39 is 6.04 Å². The number of amides is 2. The zero-order chi connectivity index (χ0) is 18.0. The molecule has 3 rings (SSSR count). The molecule has 1 aromatic carbocycles. The first-order chi connectivity index (χ1) is 12.1. The number of hydrogen-bond acceptors (Lipinski definition) is 4. The summed E-state index contributed by atoms with van der Waals surface area (Å²) >= 11 is 0. The molecule has 1 saturated heterocycles. The SMILES string of the molecule is CCCc1ccc2oc(C(=O)N3CCNC(=O)[C@H]3CCO)c(C)c2c1. The standard InChI is InChI=1S/C19H24N2O4/c1-3-4-13-5-6-16-14(11-13)12(2)17(25-16)19(24)21-9-8-20-18(23)15(21)7-10-22/h5-6,11,15,22H,3-4,7-10H2,1-2H3,(H,20,23)/t15-/m1/s1. The van der Waals surface area contributed by atoms with Gasteiger partial charge in [-0.1, -0.05) is 19.4 Å². The van der Waals surface area contributed by atoms with Crippen molar-refractivity contribution < 1.29 is 19.1 Å². The number of aryl methyl sites for hydroxylation is 2. The number of carbonyl (C=O) groups is 2. The minimum atomic E-state index is -0.658. The van der Waals surface area contributed by atoms with E-state index in [4.69, 9.17) is 4.42 Å². The number of nitrogens with zero attached hydrogens (tertiary/aromatic N) is 1. The van der Waals surface area contributed by atoms with Crippen LogP contribution in [0.4, 0.5) is 0 Å². The van der Waals surface area contributed by atoms with Crippen LogP contribution in [0.3, 0.4) is 0 Å². The molecule has 2 N–H and O–H groups in total. The third-order valence-electron chi connectivity index (χ3n) is 4.73. The minimum absolute atomic E-state index is 0.151. The summed E-state index contributed by atoms with van der Waals surface area (Å²) in [6.07, 6.45) is 2.26. The Bertz CT molecular complexity index is 796.